The van der Waals surface area contributed by atoms with Gasteiger partial charge in [-0.15, -0.1) is 0 Å². The van der Waals surface area contributed by atoms with E-state index in [-0.39, 0.29) is 11.5 Å². The van der Waals surface area contributed by atoms with E-state index in [1.807, 2.05) is 0 Å². The highest BCUT2D eigenvalue weighted by atomic mass is 79.9. The molecule has 102 valence electrons. The summed E-state index contributed by atoms with van der Waals surface area (Å²) in [6.45, 7) is 6.94. The summed E-state index contributed by atoms with van der Waals surface area (Å²) in [6, 6.07) is 3.23. The fourth-order valence-corrected chi connectivity index (χ4v) is 4.04. The van der Waals surface area contributed by atoms with Crippen molar-refractivity contribution < 1.29 is 13.5 Å². The highest BCUT2D eigenvalue weighted by Crippen LogP contribution is 2.28. The number of hydrogen-bond acceptors (Lipinski definition) is 3. The van der Waals surface area contributed by atoms with E-state index in [4.69, 9.17) is 5.11 Å². The van der Waals surface area contributed by atoms with Crippen molar-refractivity contribution in [2.45, 2.75) is 44.7 Å². The quantitative estimate of drug-likeness (QED) is 0.890. The van der Waals surface area contributed by atoms with E-state index in [0.717, 1.165) is 5.56 Å². The molecule has 0 spiro atoms. The molecular weight excluding hydrogens is 318 g/mol. The topological polar surface area (TPSA) is 66.4 Å². The average molecular weight is 336 g/mol. The van der Waals surface area contributed by atoms with Crippen LogP contribution in [0.5, 0.6) is 0 Å². The van der Waals surface area contributed by atoms with Gasteiger partial charge in [0.2, 0.25) is 10.0 Å². The van der Waals surface area contributed by atoms with Crippen molar-refractivity contribution in [2.75, 3.05) is 0 Å². The fourth-order valence-electron chi connectivity index (χ4n) is 1.55. The van der Waals surface area contributed by atoms with Crippen LogP contribution in [0.3, 0.4) is 0 Å². The molecule has 6 heteroatoms. The third-order valence-corrected chi connectivity index (χ3v) is 5.29. The zero-order chi connectivity index (χ0) is 14.1. The van der Waals surface area contributed by atoms with Crippen LogP contribution in [-0.4, -0.2) is 19.1 Å². The number of aliphatic hydroxyl groups is 1. The fraction of sp³-hybridized carbons (Fsp3) is 0.500. The van der Waals surface area contributed by atoms with Crippen LogP contribution in [0.2, 0.25) is 0 Å². The molecule has 1 rings (SSSR count). The van der Waals surface area contributed by atoms with Gasteiger partial charge in [0, 0.05) is 10.0 Å². The third-order valence-electron chi connectivity index (χ3n) is 2.19. The third kappa shape index (κ3) is 3.78. The molecule has 0 aliphatic carbocycles. The standard InChI is InChI=1S/C12H18BrNO3S/c1-8-5-9(7-15)6-10(11(8)13)18(16,17)14-12(2,3)4/h5-6,14-15H,7H2,1-4H3. The van der Waals surface area contributed by atoms with E-state index in [9.17, 15) is 8.42 Å². The largest absolute Gasteiger partial charge is 0.392 e. The van der Waals surface area contributed by atoms with E-state index in [2.05, 4.69) is 20.7 Å². The molecule has 0 saturated carbocycles. The van der Waals surface area contributed by atoms with E-state index < -0.39 is 15.6 Å². The maximum Gasteiger partial charge on any atom is 0.242 e. The molecule has 0 aliphatic rings. The minimum Gasteiger partial charge on any atom is -0.392 e. The number of aliphatic hydroxyl groups excluding tert-OH is 1. The Balaban J connectivity index is 3.36. The van der Waals surface area contributed by atoms with Crippen molar-refractivity contribution in [2.24, 2.45) is 0 Å². The predicted molar refractivity (Wildman–Crippen MR) is 74.9 cm³/mol. The first-order chi connectivity index (χ1) is 8.07. The highest BCUT2D eigenvalue weighted by molar-refractivity contribution is 9.10. The average Bonchev–Trinajstić information content (AvgIpc) is 2.17. The Bertz CT molecular complexity index is 547. The number of benzene rings is 1. The van der Waals surface area contributed by atoms with Crippen LogP contribution < -0.4 is 4.72 Å². The number of nitrogens with one attached hydrogen (secondary N) is 1. The predicted octanol–water partition coefficient (Wildman–Crippen LogP) is 2.33. The summed E-state index contributed by atoms with van der Waals surface area (Å²) < 4.78 is 27.6. The summed E-state index contributed by atoms with van der Waals surface area (Å²) in [5, 5.41) is 9.15. The lowest BCUT2D eigenvalue weighted by atomic mass is 10.1. The maximum absolute atomic E-state index is 12.3. The summed E-state index contributed by atoms with van der Waals surface area (Å²) in [4.78, 5) is 0.154. The minimum absolute atomic E-state index is 0.154. The Morgan fingerprint density at radius 1 is 1.33 bits per heavy atom. The van der Waals surface area contributed by atoms with Crippen LogP contribution in [0.1, 0.15) is 31.9 Å². The Labute approximate surface area is 117 Å². The zero-order valence-corrected chi connectivity index (χ0v) is 13.3. The van der Waals surface area contributed by atoms with E-state index in [1.54, 1.807) is 33.8 Å². The van der Waals surface area contributed by atoms with Crippen molar-refractivity contribution in [3.8, 4) is 0 Å². The first-order valence-corrected chi connectivity index (χ1v) is 7.78. The monoisotopic (exact) mass is 335 g/mol. The van der Waals surface area contributed by atoms with Gasteiger partial charge in [0.1, 0.15) is 0 Å². The summed E-state index contributed by atoms with van der Waals surface area (Å²) in [5.41, 5.74) is 0.794. The Hall–Kier alpha value is -0.430. The number of rotatable bonds is 3. The van der Waals surface area contributed by atoms with E-state index in [1.165, 1.54) is 6.07 Å². The summed E-state index contributed by atoms with van der Waals surface area (Å²) in [6.07, 6.45) is 0. The first-order valence-electron chi connectivity index (χ1n) is 5.51. The molecule has 2 N–H and O–H groups in total. The van der Waals surface area contributed by atoms with Gasteiger partial charge in [0.05, 0.1) is 11.5 Å². The second kappa shape index (κ2) is 5.28. The van der Waals surface area contributed by atoms with Gasteiger partial charge >= 0.3 is 0 Å². The molecule has 0 atom stereocenters. The van der Waals surface area contributed by atoms with Crippen molar-refractivity contribution in [3.05, 3.63) is 27.7 Å². The number of halogens is 1. The lowest BCUT2D eigenvalue weighted by Crippen LogP contribution is -2.40. The number of sulfonamides is 1. The molecule has 4 nitrogen and oxygen atoms in total. The van der Waals surface area contributed by atoms with Gasteiger partial charge in [0.15, 0.2) is 0 Å². The Kier molecular flexibility index (Phi) is 4.59. The van der Waals surface area contributed by atoms with Crippen molar-refractivity contribution in [1.29, 1.82) is 0 Å². The molecule has 0 bridgehead atoms. The van der Waals surface area contributed by atoms with Gasteiger partial charge in [-0.2, -0.15) is 0 Å². The molecule has 18 heavy (non-hydrogen) atoms. The second-order valence-electron chi connectivity index (χ2n) is 5.24. The number of aryl methyl sites for hydroxylation is 1. The van der Waals surface area contributed by atoms with Gasteiger partial charge < -0.3 is 5.11 Å². The molecular formula is C12H18BrNO3S. The van der Waals surface area contributed by atoms with Gasteiger partial charge in [0.25, 0.3) is 0 Å². The molecule has 0 saturated heterocycles. The molecule has 0 unspecified atom stereocenters. The van der Waals surface area contributed by atoms with Gasteiger partial charge in [-0.05, 0) is 60.8 Å². The molecule has 0 aromatic heterocycles. The van der Waals surface area contributed by atoms with Crippen LogP contribution in [0.4, 0.5) is 0 Å². The lowest BCUT2D eigenvalue weighted by Gasteiger charge is -2.21. The van der Waals surface area contributed by atoms with Crippen LogP contribution in [-0.2, 0) is 16.6 Å². The first kappa shape index (κ1) is 15.6. The summed E-state index contributed by atoms with van der Waals surface area (Å²) in [7, 11) is -3.61. The van der Waals surface area contributed by atoms with Crippen LogP contribution in [0, 0.1) is 6.92 Å². The van der Waals surface area contributed by atoms with Crippen LogP contribution in [0.15, 0.2) is 21.5 Å². The zero-order valence-electron chi connectivity index (χ0n) is 10.9. The smallest absolute Gasteiger partial charge is 0.242 e. The lowest BCUT2D eigenvalue weighted by molar-refractivity contribution is 0.281. The molecule has 0 amide bonds. The Morgan fingerprint density at radius 3 is 2.33 bits per heavy atom. The van der Waals surface area contributed by atoms with Gasteiger partial charge in [-0.1, -0.05) is 6.07 Å². The number of hydrogen-bond donors (Lipinski definition) is 2. The molecule has 1 aromatic carbocycles. The summed E-state index contributed by atoms with van der Waals surface area (Å²) in [5.74, 6) is 0. The molecule has 0 heterocycles. The van der Waals surface area contributed by atoms with E-state index in [0.29, 0.717) is 10.0 Å². The van der Waals surface area contributed by atoms with Crippen molar-refractivity contribution in [1.82, 2.24) is 4.72 Å². The Morgan fingerprint density at radius 2 is 1.89 bits per heavy atom. The SMILES string of the molecule is Cc1cc(CO)cc(S(=O)(=O)NC(C)(C)C)c1Br. The van der Waals surface area contributed by atoms with Crippen LogP contribution in [0.25, 0.3) is 0 Å². The van der Waals surface area contributed by atoms with Gasteiger partial charge in [-0.3, -0.25) is 0 Å². The molecule has 0 radical (unpaired) electrons. The van der Waals surface area contributed by atoms with Crippen molar-refractivity contribution >= 4 is 26.0 Å². The maximum atomic E-state index is 12.3. The second-order valence-corrected chi connectivity index (χ2v) is 7.68. The van der Waals surface area contributed by atoms with Gasteiger partial charge in [-0.25, -0.2) is 13.1 Å². The minimum atomic E-state index is -3.61. The normalized spacial score (nSPS) is 12.8. The molecule has 1 aromatic rings. The molecule has 0 aliphatic heterocycles. The summed E-state index contributed by atoms with van der Waals surface area (Å²) >= 11 is 3.29. The van der Waals surface area contributed by atoms with E-state index >= 15 is 0 Å². The van der Waals surface area contributed by atoms with Crippen LogP contribution >= 0.6 is 15.9 Å². The van der Waals surface area contributed by atoms with Crippen molar-refractivity contribution in [3.63, 3.8) is 0 Å². The highest BCUT2D eigenvalue weighted by Gasteiger charge is 2.25. The molecule has 0 fully saturated rings.